The molecule has 0 fully saturated rings. The Labute approximate surface area is 135 Å². The van der Waals surface area contributed by atoms with Crippen LogP contribution >= 0.6 is 11.6 Å². The molecule has 0 aliphatic rings. The Balaban J connectivity index is 2.18. The molecule has 5 heteroatoms. The fourth-order valence-corrected chi connectivity index (χ4v) is 2.14. The Hall–Kier alpha value is -2.20. The largest absolute Gasteiger partial charge is 0.493 e. The normalized spacial score (nSPS) is 10.2. The van der Waals surface area contributed by atoms with Gasteiger partial charge in [-0.15, -0.1) is 0 Å². The molecule has 1 amide bonds. The monoisotopic (exact) mass is 319 g/mol. The summed E-state index contributed by atoms with van der Waals surface area (Å²) in [6, 6.07) is 12.6. The number of rotatable bonds is 5. The Bertz CT molecular complexity index is 671. The van der Waals surface area contributed by atoms with Crippen LogP contribution in [0.4, 0.5) is 0 Å². The van der Waals surface area contributed by atoms with E-state index in [0.29, 0.717) is 28.7 Å². The summed E-state index contributed by atoms with van der Waals surface area (Å²) in [5.74, 6) is 0.994. The first kappa shape index (κ1) is 16.2. The van der Waals surface area contributed by atoms with E-state index < -0.39 is 0 Å². The van der Waals surface area contributed by atoms with Gasteiger partial charge in [-0.2, -0.15) is 0 Å². The quantitative estimate of drug-likeness (QED) is 0.844. The van der Waals surface area contributed by atoms with Gasteiger partial charge < -0.3 is 14.4 Å². The number of nitrogens with zero attached hydrogens (tertiary/aromatic N) is 1. The predicted octanol–water partition coefficient (Wildman–Crippen LogP) is 3.63. The summed E-state index contributed by atoms with van der Waals surface area (Å²) in [6.07, 6.45) is 0. The third kappa shape index (κ3) is 3.71. The van der Waals surface area contributed by atoms with E-state index in [4.69, 9.17) is 21.1 Å². The zero-order valence-corrected chi connectivity index (χ0v) is 13.6. The molecule has 0 aliphatic heterocycles. The van der Waals surface area contributed by atoms with Crippen molar-refractivity contribution in [2.45, 2.75) is 6.61 Å². The van der Waals surface area contributed by atoms with Gasteiger partial charge in [-0.1, -0.05) is 29.8 Å². The van der Waals surface area contributed by atoms with E-state index in [9.17, 15) is 4.79 Å². The highest BCUT2D eigenvalue weighted by molar-refractivity contribution is 6.31. The van der Waals surface area contributed by atoms with Gasteiger partial charge in [-0.05, 0) is 24.3 Å². The zero-order valence-electron chi connectivity index (χ0n) is 12.8. The summed E-state index contributed by atoms with van der Waals surface area (Å²) in [5.41, 5.74) is 1.44. The first-order valence-corrected chi connectivity index (χ1v) is 7.16. The molecule has 2 aromatic carbocycles. The van der Waals surface area contributed by atoms with Crippen LogP contribution in [0.2, 0.25) is 5.02 Å². The highest BCUT2D eigenvalue weighted by Gasteiger charge is 2.13. The van der Waals surface area contributed by atoms with Crippen LogP contribution in [0.5, 0.6) is 11.5 Å². The molecule has 0 radical (unpaired) electrons. The summed E-state index contributed by atoms with van der Waals surface area (Å²) in [6.45, 7) is 0.330. The van der Waals surface area contributed by atoms with Crippen LogP contribution in [0.3, 0.4) is 0 Å². The maximum absolute atomic E-state index is 12.0. The van der Waals surface area contributed by atoms with Gasteiger partial charge in [0.2, 0.25) is 0 Å². The molecule has 0 spiro atoms. The van der Waals surface area contributed by atoms with Crippen molar-refractivity contribution in [2.24, 2.45) is 0 Å². The van der Waals surface area contributed by atoms with E-state index in [1.54, 1.807) is 39.4 Å². The topological polar surface area (TPSA) is 38.8 Å². The summed E-state index contributed by atoms with van der Waals surface area (Å²) >= 11 is 6.10. The van der Waals surface area contributed by atoms with Gasteiger partial charge in [0.1, 0.15) is 6.61 Å². The number of ether oxygens (including phenoxy) is 2. The number of hydrogen-bond acceptors (Lipinski definition) is 3. The average molecular weight is 320 g/mol. The maximum Gasteiger partial charge on any atom is 0.253 e. The molecule has 0 aliphatic carbocycles. The Morgan fingerprint density at radius 3 is 2.50 bits per heavy atom. The van der Waals surface area contributed by atoms with E-state index in [0.717, 1.165) is 5.56 Å². The lowest BCUT2D eigenvalue weighted by atomic mass is 10.2. The zero-order chi connectivity index (χ0) is 16.1. The van der Waals surface area contributed by atoms with Crippen LogP contribution in [0.1, 0.15) is 15.9 Å². The van der Waals surface area contributed by atoms with Gasteiger partial charge in [0, 0.05) is 30.2 Å². The third-order valence-electron chi connectivity index (χ3n) is 3.16. The Morgan fingerprint density at radius 1 is 1.14 bits per heavy atom. The van der Waals surface area contributed by atoms with Crippen molar-refractivity contribution < 1.29 is 14.3 Å². The predicted molar refractivity (Wildman–Crippen MR) is 86.8 cm³/mol. The van der Waals surface area contributed by atoms with Crippen LogP contribution in [0.25, 0.3) is 0 Å². The summed E-state index contributed by atoms with van der Waals surface area (Å²) < 4.78 is 11.1. The van der Waals surface area contributed by atoms with Crippen molar-refractivity contribution in [2.75, 3.05) is 21.2 Å². The van der Waals surface area contributed by atoms with Crippen molar-refractivity contribution in [3.05, 3.63) is 58.6 Å². The Morgan fingerprint density at radius 2 is 1.86 bits per heavy atom. The van der Waals surface area contributed by atoms with Gasteiger partial charge in [-0.25, -0.2) is 0 Å². The third-order valence-corrected chi connectivity index (χ3v) is 3.53. The van der Waals surface area contributed by atoms with Gasteiger partial charge in [-0.3, -0.25) is 4.79 Å². The van der Waals surface area contributed by atoms with Gasteiger partial charge >= 0.3 is 0 Å². The van der Waals surface area contributed by atoms with Crippen molar-refractivity contribution in [1.82, 2.24) is 4.90 Å². The second kappa shape index (κ2) is 7.18. The summed E-state index contributed by atoms with van der Waals surface area (Å²) in [4.78, 5) is 13.5. The molecule has 0 saturated heterocycles. The van der Waals surface area contributed by atoms with E-state index in [1.807, 2.05) is 24.3 Å². The first-order valence-electron chi connectivity index (χ1n) is 6.79. The molecular formula is C17H18ClNO3. The Kier molecular flexibility index (Phi) is 5.28. The highest BCUT2D eigenvalue weighted by Crippen LogP contribution is 2.29. The SMILES string of the molecule is COc1cc(C(=O)N(C)C)ccc1OCc1ccccc1Cl. The highest BCUT2D eigenvalue weighted by atomic mass is 35.5. The molecule has 22 heavy (non-hydrogen) atoms. The molecule has 116 valence electrons. The molecule has 0 bridgehead atoms. The van der Waals surface area contributed by atoms with Crippen LogP contribution in [0, 0.1) is 0 Å². The van der Waals surface area contributed by atoms with Crippen molar-refractivity contribution >= 4 is 17.5 Å². The lowest BCUT2D eigenvalue weighted by Gasteiger charge is -2.14. The van der Waals surface area contributed by atoms with Crippen LogP contribution in [0.15, 0.2) is 42.5 Å². The number of amides is 1. The van der Waals surface area contributed by atoms with Crippen molar-refractivity contribution in [3.8, 4) is 11.5 Å². The lowest BCUT2D eigenvalue weighted by Crippen LogP contribution is -2.21. The number of hydrogen-bond donors (Lipinski definition) is 0. The minimum absolute atomic E-state index is 0.0871. The molecule has 4 nitrogen and oxygen atoms in total. The van der Waals surface area contributed by atoms with Gasteiger partial charge in [0.05, 0.1) is 7.11 Å². The average Bonchev–Trinajstić information content (AvgIpc) is 2.53. The van der Waals surface area contributed by atoms with E-state index >= 15 is 0 Å². The molecule has 0 N–H and O–H groups in total. The molecule has 0 unspecified atom stereocenters. The second-order valence-electron chi connectivity index (χ2n) is 4.95. The fraction of sp³-hybridized carbons (Fsp3) is 0.235. The molecule has 2 aromatic rings. The van der Waals surface area contributed by atoms with Crippen molar-refractivity contribution in [3.63, 3.8) is 0 Å². The van der Waals surface area contributed by atoms with E-state index in [2.05, 4.69) is 0 Å². The van der Waals surface area contributed by atoms with Crippen LogP contribution < -0.4 is 9.47 Å². The molecular weight excluding hydrogens is 302 g/mol. The van der Waals surface area contributed by atoms with Gasteiger partial charge in [0.25, 0.3) is 5.91 Å². The van der Waals surface area contributed by atoms with E-state index in [1.165, 1.54) is 4.90 Å². The molecule has 0 saturated carbocycles. The van der Waals surface area contributed by atoms with Gasteiger partial charge in [0.15, 0.2) is 11.5 Å². The lowest BCUT2D eigenvalue weighted by molar-refractivity contribution is 0.0827. The molecule has 2 rings (SSSR count). The number of halogens is 1. The first-order chi connectivity index (χ1) is 10.5. The molecule has 0 aromatic heterocycles. The standard InChI is InChI=1S/C17H18ClNO3/c1-19(2)17(20)12-8-9-15(16(10-12)21-3)22-11-13-6-4-5-7-14(13)18/h4-10H,11H2,1-3H3. The van der Waals surface area contributed by atoms with Crippen LogP contribution in [-0.2, 0) is 6.61 Å². The second-order valence-corrected chi connectivity index (χ2v) is 5.35. The van der Waals surface area contributed by atoms with E-state index in [-0.39, 0.29) is 5.91 Å². The molecule has 0 heterocycles. The number of carbonyl (C=O) groups is 1. The number of methoxy groups -OCH3 is 1. The summed E-state index contributed by atoms with van der Waals surface area (Å²) in [7, 11) is 4.95. The maximum atomic E-state index is 12.0. The van der Waals surface area contributed by atoms with Crippen LogP contribution in [-0.4, -0.2) is 32.0 Å². The number of benzene rings is 2. The fourth-order valence-electron chi connectivity index (χ4n) is 1.95. The summed E-state index contributed by atoms with van der Waals surface area (Å²) in [5, 5.41) is 0.654. The number of carbonyl (C=O) groups excluding carboxylic acids is 1. The minimum Gasteiger partial charge on any atom is -0.493 e. The smallest absolute Gasteiger partial charge is 0.253 e. The van der Waals surface area contributed by atoms with Crippen molar-refractivity contribution in [1.29, 1.82) is 0 Å². The minimum atomic E-state index is -0.0871. The molecule has 0 atom stereocenters.